The summed E-state index contributed by atoms with van der Waals surface area (Å²) in [7, 11) is 3.58. The van der Waals surface area contributed by atoms with Gasteiger partial charge in [-0.05, 0) is 75.7 Å². The minimum absolute atomic E-state index is 0. The van der Waals surface area contributed by atoms with Gasteiger partial charge in [0.2, 0.25) is 0 Å². The van der Waals surface area contributed by atoms with Gasteiger partial charge in [0, 0.05) is 33.2 Å². The Morgan fingerprint density at radius 1 is 1.16 bits per heavy atom. The van der Waals surface area contributed by atoms with E-state index < -0.39 is 0 Å². The molecule has 2 saturated heterocycles. The van der Waals surface area contributed by atoms with Crippen molar-refractivity contribution < 1.29 is 9.47 Å². The predicted octanol–water partition coefficient (Wildman–Crippen LogP) is 4.03. The number of ether oxygens (including phenoxy) is 2. The minimum atomic E-state index is 0. The Kier molecular flexibility index (Phi) is 11.8. The van der Waals surface area contributed by atoms with Gasteiger partial charge in [0.15, 0.2) is 17.5 Å². The fraction of sp³-hybridized carbons (Fsp3) is 0.708. The topological polar surface area (TPSA) is 49.3 Å². The Hall–Kier alpha value is -1.22. The second kappa shape index (κ2) is 14.0. The number of aliphatic imine (C=N–C) groups is 1. The molecule has 0 saturated carbocycles. The molecule has 3 rings (SSSR count). The van der Waals surface area contributed by atoms with Crippen LogP contribution >= 0.6 is 24.0 Å². The lowest BCUT2D eigenvalue weighted by Crippen LogP contribution is -2.41. The molecule has 6 nitrogen and oxygen atoms in total. The van der Waals surface area contributed by atoms with Crippen molar-refractivity contribution in [2.75, 3.05) is 60.0 Å². The van der Waals surface area contributed by atoms with Crippen LogP contribution in [0.15, 0.2) is 23.2 Å². The Bertz CT molecular complexity index is 680. The summed E-state index contributed by atoms with van der Waals surface area (Å²) in [5.41, 5.74) is 1.28. The van der Waals surface area contributed by atoms with Gasteiger partial charge in [0.25, 0.3) is 0 Å². The number of nitrogens with one attached hydrogen (secondary N) is 1. The molecule has 1 aromatic carbocycles. The average Bonchev–Trinajstić information content (AvgIpc) is 3.23. The number of hydrogen-bond acceptors (Lipinski definition) is 4. The highest BCUT2D eigenvalue weighted by atomic mass is 127. The van der Waals surface area contributed by atoms with Gasteiger partial charge < -0.3 is 24.6 Å². The zero-order valence-electron chi connectivity index (χ0n) is 19.6. The lowest BCUT2D eigenvalue weighted by molar-refractivity contribution is 0.198. The van der Waals surface area contributed by atoms with E-state index in [0.29, 0.717) is 6.61 Å². The molecule has 1 unspecified atom stereocenters. The minimum Gasteiger partial charge on any atom is -0.493 e. The van der Waals surface area contributed by atoms with Crippen LogP contribution in [-0.2, 0) is 6.42 Å². The maximum absolute atomic E-state index is 5.69. The van der Waals surface area contributed by atoms with Gasteiger partial charge in [-0.25, -0.2) is 0 Å². The summed E-state index contributed by atoms with van der Waals surface area (Å²) in [5, 5.41) is 3.57. The van der Waals surface area contributed by atoms with Gasteiger partial charge in [-0.3, -0.25) is 4.99 Å². The van der Waals surface area contributed by atoms with E-state index in [4.69, 9.17) is 9.47 Å². The first-order chi connectivity index (χ1) is 14.7. The largest absolute Gasteiger partial charge is 0.493 e. The van der Waals surface area contributed by atoms with Gasteiger partial charge in [0.1, 0.15) is 0 Å². The third kappa shape index (κ3) is 8.00. The highest BCUT2D eigenvalue weighted by Crippen LogP contribution is 2.28. The molecular formula is C24H41IN4O2. The molecule has 0 spiro atoms. The van der Waals surface area contributed by atoms with E-state index in [1.807, 2.05) is 20.0 Å². The van der Waals surface area contributed by atoms with E-state index in [1.54, 1.807) is 7.11 Å². The number of rotatable bonds is 9. The van der Waals surface area contributed by atoms with E-state index in [9.17, 15) is 0 Å². The summed E-state index contributed by atoms with van der Waals surface area (Å²) < 4.78 is 11.1. The molecule has 1 aromatic rings. The number of methoxy groups -OCH3 is 1. The van der Waals surface area contributed by atoms with Gasteiger partial charge >= 0.3 is 0 Å². The number of guanidine groups is 1. The molecular weight excluding hydrogens is 503 g/mol. The standard InChI is InChI=1S/C24H40N4O2.HI/c1-4-30-23-17-20(10-11-22(23)29-3)9-8-13-26-24(25-2)28-16-12-21(19-28)18-27-14-6-5-7-15-27;/h10-11,17,21H,4-9,12-16,18-19H2,1-3H3,(H,25,26);1H. The number of aryl methyl sites for hydroxylation is 1. The molecule has 0 amide bonds. The first-order valence-electron chi connectivity index (χ1n) is 11.7. The molecule has 7 heteroatoms. The zero-order valence-corrected chi connectivity index (χ0v) is 21.9. The summed E-state index contributed by atoms with van der Waals surface area (Å²) in [4.78, 5) is 9.64. The quantitative estimate of drug-likeness (QED) is 0.220. The summed E-state index contributed by atoms with van der Waals surface area (Å²) >= 11 is 0. The third-order valence-electron chi connectivity index (χ3n) is 6.22. The molecule has 2 aliphatic rings. The second-order valence-corrected chi connectivity index (χ2v) is 8.46. The molecule has 2 fully saturated rings. The highest BCUT2D eigenvalue weighted by molar-refractivity contribution is 14.0. The molecule has 2 aliphatic heterocycles. The smallest absolute Gasteiger partial charge is 0.193 e. The Morgan fingerprint density at radius 2 is 1.97 bits per heavy atom. The normalized spacial score (nSPS) is 19.8. The summed E-state index contributed by atoms with van der Waals surface area (Å²) in [6, 6.07) is 6.23. The Morgan fingerprint density at radius 3 is 2.68 bits per heavy atom. The molecule has 0 bridgehead atoms. The SMILES string of the molecule is CCOc1cc(CCCNC(=NC)N2CCC(CN3CCCCC3)C2)ccc1OC.I. The molecule has 176 valence electrons. The van der Waals surface area contributed by atoms with E-state index in [-0.39, 0.29) is 24.0 Å². The van der Waals surface area contributed by atoms with Crippen molar-refractivity contribution in [1.82, 2.24) is 15.1 Å². The number of nitrogens with zero attached hydrogens (tertiary/aromatic N) is 3. The van der Waals surface area contributed by atoms with Gasteiger partial charge in [0.05, 0.1) is 13.7 Å². The van der Waals surface area contributed by atoms with Crippen molar-refractivity contribution in [3.05, 3.63) is 23.8 Å². The monoisotopic (exact) mass is 544 g/mol. The molecule has 2 heterocycles. The van der Waals surface area contributed by atoms with Crippen molar-refractivity contribution in [2.24, 2.45) is 10.9 Å². The Labute approximate surface area is 205 Å². The first-order valence-corrected chi connectivity index (χ1v) is 11.7. The number of piperidine rings is 1. The molecule has 0 radical (unpaired) electrons. The van der Waals surface area contributed by atoms with Crippen LogP contribution in [0.5, 0.6) is 11.5 Å². The van der Waals surface area contributed by atoms with Gasteiger partial charge in [-0.2, -0.15) is 0 Å². The highest BCUT2D eigenvalue weighted by Gasteiger charge is 2.26. The number of benzene rings is 1. The number of hydrogen-bond donors (Lipinski definition) is 1. The van der Waals surface area contributed by atoms with E-state index >= 15 is 0 Å². The van der Waals surface area contributed by atoms with Crippen LogP contribution in [0.1, 0.15) is 44.6 Å². The maximum atomic E-state index is 5.69. The maximum Gasteiger partial charge on any atom is 0.193 e. The molecule has 31 heavy (non-hydrogen) atoms. The van der Waals surface area contributed by atoms with E-state index in [1.165, 1.54) is 50.9 Å². The van der Waals surface area contributed by atoms with Gasteiger partial charge in [-0.1, -0.05) is 12.5 Å². The summed E-state index contributed by atoms with van der Waals surface area (Å²) in [6.45, 7) is 9.66. The van der Waals surface area contributed by atoms with Crippen LogP contribution < -0.4 is 14.8 Å². The summed E-state index contributed by atoms with van der Waals surface area (Å²) in [6.07, 6.45) is 7.50. The van der Waals surface area contributed by atoms with Crippen LogP contribution in [0.2, 0.25) is 0 Å². The van der Waals surface area contributed by atoms with Crippen molar-refractivity contribution in [3.8, 4) is 11.5 Å². The lowest BCUT2D eigenvalue weighted by Gasteiger charge is -2.29. The average molecular weight is 545 g/mol. The van der Waals surface area contributed by atoms with Crippen LogP contribution in [0.25, 0.3) is 0 Å². The Balaban J connectivity index is 0.00000341. The second-order valence-electron chi connectivity index (χ2n) is 8.46. The van der Waals surface area contributed by atoms with Gasteiger partial charge in [-0.15, -0.1) is 24.0 Å². The predicted molar refractivity (Wildman–Crippen MR) is 139 cm³/mol. The van der Waals surface area contributed by atoms with Crippen LogP contribution in [0.3, 0.4) is 0 Å². The van der Waals surface area contributed by atoms with Crippen molar-refractivity contribution in [3.63, 3.8) is 0 Å². The van der Waals surface area contributed by atoms with Crippen molar-refractivity contribution in [1.29, 1.82) is 0 Å². The van der Waals surface area contributed by atoms with Crippen LogP contribution in [0.4, 0.5) is 0 Å². The lowest BCUT2D eigenvalue weighted by atomic mass is 10.1. The number of likely N-dealkylation sites (tertiary alicyclic amines) is 2. The molecule has 1 atom stereocenters. The van der Waals surface area contributed by atoms with Crippen LogP contribution in [0, 0.1) is 5.92 Å². The molecule has 0 aliphatic carbocycles. The fourth-order valence-corrected chi connectivity index (χ4v) is 4.65. The first kappa shape index (κ1) is 26.0. The molecule has 1 N–H and O–H groups in total. The van der Waals surface area contributed by atoms with Crippen molar-refractivity contribution >= 4 is 29.9 Å². The van der Waals surface area contributed by atoms with Crippen LogP contribution in [-0.4, -0.2) is 75.8 Å². The fourth-order valence-electron chi connectivity index (χ4n) is 4.65. The molecule has 0 aromatic heterocycles. The third-order valence-corrected chi connectivity index (χ3v) is 6.22. The number of halogens is 1. The zero-order chi connectivity index (χ0) is 21.2. The van der Waals surface area contributed by atoms with Crippen molar-refractivity contribution in [2.45, 2.75) is 45.4 Å². The van der Waals surface area contributed by atoms with E-state index in [2.05, 4.69) is 32.2 Å². The van der Waals surface area contributed by atoms with E-state index in [0.717, 1.165) is 55.9 Å². The summed E-state index contributed by atoms with van der Waals surface area (Å²) in [5.74, 6) is 3.46.